The molecule has 0 saturated heterocycles. The van der Waals surface area contributed by atoms with Gasteiger partial charge in [0.05, 0.1) is 5.75 Å². The Kier molecular flexibility index (Phi) is 8.05. The van der Waals surface area contributed by atoms with Crippen LogP contribution in [0.25, 0.3) is 0 Å². The number of hydrogen-bond acceptors (Lipinski definition) is 3. The van der Waals surface area contributed by atoms with E-state index in [2.05, 4.69) is 26.0 Å². The van der Waals surface area contributed by atoms with Crippen LogP contribution < -0.4 is 10.0 Å². The van der Waals surface area contributed by atoms with Crippen molar-refractivity contribution in [2.45, 2.75) is 18.7 Å². The summed E-state index contributed by atoms with van der Waals surface area (Å²) >= 11 is 3.31. The molecule has 0 fully saturated rings. The van der Waals surface area contributed by atoms with E-state index < -0.39 is 10.0 Å². The zero-order valence-electron chi connectivity index (χ0n) is 10.3. The second kappa shape index (κ2) is 8.12. The standard InChI is InChI=1S/C11H17BrN2O2S.ClH/c1-9(13-2)7-14-17(15,16)8-10-3-5-11(12)6-4-10;/h3-6,9,13-14H,7-8H2,1-2H3;1H. The summed E-state index contributed by atoms with van der Waals surface area (Å²) in [7, 11) is -1.46. The molecule has 1 aromatic carbocycles. The van der Waals surface area contributed by atoms with Gasteiger partial charge < -0.3 is 5.32 Å². The monoisotopic (exact) mass is 356 g/mol. The molecule has 0 heterocycles. The maximum atomic E-state index is 11.8. The highest BCUT2D eigenvalue weighted by atomic mass is 79.9. The number of halogens is 2. The Labute approximate surface area is 123 Å². The lowest BCUT2D eigenvalue weighted by Gasteiger charge is -2.11. The summed E-state index contributed by atoms with van der Waals surface area (Å²) < 4.78 is 27.0. The van der Waals surface area contributed by atoms with Gasteiger partial charge in [-0.1, -0.05) is 28.1 Å². The van der Waals surface area contributed by atoms with E-state index >= 15 is 0 Å². The Morgan fingerprint density at radius 1 is 1.28 bits per heavy atom. The highest BCUT2D eigenvalue weighted by Gasteiger charge is 2.12. The molecule has 0 saturated carbocycles. The Morgan fingerprint density at radius 3 is 2.33 bits per heavy atom. The summed E-state index contributed by atoms with van der Waals surface area (Å²) in [4.78, 5) is 0. The van der Waals surface area contributed by atoms with Crippen LogP contribution in [0, 0.1) is 0 Å². The average molecular weight is 358 g/mol. The number of likely N-dealkylation sites (N-methyl/N-ethyl adjacent to an activating group) is 1. The Hall–Kier alpha value is -0.140. The average Bonchev–Trinajstić information content (AvgIpc) is 2.29. The summed E-state index contributed by atoms with van der Waals surface area (Å²) in [6.07, 6.45) is 0. The number of benzene rings is 1. The third kappa shape index (κ3) is 6.70. The molecule has 104 valence electrons. The third-order valence-electron chi connectivity index (χ3n) is 2.37. The van der Waals surface area contributed by atoms with Crippen LogP contribution >= 0.6 is 28.3 Å². The fraction of sp³-hybridized carbons (Fsp3) is 0.455. The van der Waals surface area contributed by atoms with Crippen molar-refractivity contribution in [1.29, 1.82) is 0 Å². The Bertz CT molecular complexity index is 451. The molecule has 0 bridgehead atoms. The smallest absolute Gasteiger partial charge is 0.215 e. The zero-order valence-corrected chi connectivity index (χ0v) is 13.5. The van der Waals surface area contributed by atoms with Crippen LogP contribution in [0.5, 0.6) is 0 Å². The van der Waals surface area contributed by atoms with Gasteiger partial charge in [0, 0.05) is 17.1 Å². The van der Waals surface area contributed by atoms with Gasteiger partial charge in [-0.15, -0.1) is 12.4 Å². The molecule has 18 heavy (non-hydrogen) atoms. The van der Waals surface area contributed by atoms with Crippen LogP contribution in [0.2, 0.25) is 0 Å². The van der Waals surface area contributed by atoms with Crippen molar-refractivity contribution < 1.29 is 8.42 Å². The Morgan fingerprint density at radius 2 is 1.83 bits per heavy atom. The number of hydrogen-bond donors (Lipinski definition) is 2. The second-order valence-corrected chi connectivity index (χ2v) is 6.65. The highest BCUT2D eigenvalue weighted by Crippen LogP contribution is 2.12. The molecule has 2 N–H and O–H groups in total. The molecule has 0 aliphatic carbocycles. The lowest BCUT2D eigenvalue weighted by atomic mass is 10.2. The van der Waals surface area contributed by atoms with Gasteiger partial charge in [-0.05, 0) is 31.7 Å². The number of rotatable bonds is 6. The summed E-state index contributed by atoms with van der Waals surface area (Å²) in [5.41, 5.74) is 0.776. The summed E-state index contributed by atoms with van der Waals surface area (Å²) in [5, 5.41) is 2.98. The van der Waals surface area contributed by atoms with Crippen LogP contribution in [0.4, 0.5) is 0 Å². The summed E-state index contributed by atoms with van der Waals surface area (Å²) in [6.45, 7) is 2.32. The molecule has 0 amide bonds. The molecule has 0 spiro atoms. The van der Waals surface area contributed by atoms with E-state index in [1.165, 1.54) is 0 Å². The van der Waals surface area contributed by atoms with E-state index in [-0.39, 0.29) is 24.2 Å². The molecular weight excluding hydrogens is 340 g/mol. The molecule has 1 aromatic rings. The lowest BCUT2D eigenvalue weighted by molar-refractivity contribution is 0.553. The van der Waals surface area contributed by atoms with Gasteiger partial charge in [-0.3, -0.25) is 0 Å². The van der Waals surface area contributed by atoms with Gasteiger partial charge in [0.2, 0.25) is 10.0 Å². The van der Waals surface area contributed by atoms with Gasteiger partial charge in [0.25, 0.3) is 0 Å². The van der Waals surface area contributed by atoms with Crippen LogP contribution in [-0.2, 0) is 15.8 Å². The maximum absolute atomic E-state index is 11.8. The first-order valence-corrected chi connectivity index (χ1v) is 7.76. The van der Waals surface area contributed by atoms with E-state index in [9.17, 15) is 8.42 Å². The van der Waals surface area contributed by atoms with E-state index in [1.807, 2.05) is 19.1 Å². The van der Waals surface area contributed by atoms with Crippen LogP contribution in [0.3, 0.4) is 0 Å². The van der Waals surface area contributed by atoms with E-state index in [1.54, 1.807) is 19.2 Å². The molecule has 4 nitrogen and oxygen atoms in total. The summed E-state index contributed by atoms with van der Waals surface area (Å²) in [6, 6.07) is 7.38. The molecule has 7 heteroatoms. The van der Waals surface area contributed by atoms with E-state index in [0.717, 1.165) is 10.0 Å². The highest BCUT2D eigenvalue weighted by molar-refractivity contribution is 9.10. The SMILES string of the molecule is CNC(C)CNS(=O)(=O)Cc1ccc(Br)cc1.Cl. The first-order chi connectivity index (χ1) is 7.93. The number of sulfonamides is 1. The molecule has 1 atom stereocenters. The van der Waals surface area contributed by atoms with Crippen molar-refractivity contribution in [2.24, 2.45) is 0 Å². The first kappa shape index (κ1) is 17.9. The fourth-order valence-corrected chi connectivity index (χ4v) is 2.71. The van der Waals surface area contributed by atoms with Crippen LogP contribution in [0.1, 0.15) is 12.5 Å². The van der Waals surface area contributed by atoms with Crippen molar-refractivity contribution in [3.05, 3.63) is 34.3 Å². The topological polar surface area (TPSA) is 58.2 Å². The minimum Gasteiger partial charge on any atom is -0.316 e. The molecule has 1 unspecified atom stereocenters. The molecular formula is C11H18BrClN2O2S. The minimum atomic E-state index is -3.26. The van der Waals surface area contributed by atoms with Gasteiger partial charge >= 0.3 is 0 Å². The quantitative estimate of drug-likeness (QED) is 0.817. The van der Waals surface area contributed by atoms with Gasteiger partial charge in [-0.25, -0.2) is 13.1 Å². The fourth-order valence-electron chi connectivity index (χ4n) is 1.21. The predicted molar refractivity (Wildman–Crippen MR) is 80.5 cm³/mol. The van der Waals surface area contributed by atoms with Gasteiger partial charge in [-0.2, -0.15) is 0 Å². The van der Waals surface area contributed by atoms with Crippen LogP contribution in [-0.4, -0.2) is 28.1 Å². The minimum absolute atomic E-state index is 0. The van der Waals surface area contributed by atoms with Crippen molar-refractivity contribution >= 4 is 38.4 Å². The molecule has 1 rings (SSSR count). The number of nitrogens with one attached hydrogen (secondary N) is 2. The zero-order chi connectivity index (χ0) is 12.9. The van der Waals surface area contributed by atoms with Gasteiger partial charge in [0.1, 0.15) is 0 Å². The first-order valence-electron chi connectivity index (χ1n) is 5.32. The third-order valence-corrected chi connectivity index (χ3v) is 4.22. The van der Waals surface area contributed by atoms with Crippen LogP contribution in [0.15, 0.2) is 28.7 Å². The van der Waals surface area contributed by atoms with Crippen molar-refractivity contribution in [3.8, 4) is 0 Å². The Balaban J connectivity index is 0.00000289. The van der Waals surface area contributed by atoms with E-state index in [4.69, 9.17) is 0 Å². The van der Waals surface area contributed by atoms with Crippen molar-refractivity contribution in [3.63, 3.8) is 0 Å². The van der Waals surface area contributed by atoms with Gasteiger partial charge in [0.15, 0.2) is 0 Å². The molecule has 0 aliphatic rings. The maximum Gasteiger partial charge on any atom is 0.215 e. The lowest BCUT2D eigenvalue weighted by Crippen LogP contribution is -2.37. The van der Waals surface area contributed by atoms with E-state index in [0.29, 0.717) is 6.54 Å². The normalized spacial score (nSPS) is 12.8. The largest absolute Gasteiger partial charge is 0.316 e. The molecule has 0 aromatic heterocycles. The molecule has 0 radical (unpaired) electrons. The second-order valence-electron chi connectivity index (χ2n) is 3.92. The summed E-state index contributed by atoms with van der Waals surface area (Å²) in [5.74, 6) is 0.0106. The molecule has 0 aliphatic heterocycles. The van der Waals surface area contributed by atoms with Crippen molar-refractivity contribution in [2.75, 3.05) is 13.6 Å². The van der Waals surface area contributed by atoms with Crippen molar-refractivity contribution in [1.82, 2.24) is 10.0 Å². The predicted octanol–water partition coefficient (Wildman–Crippen LogP) is 1.90.